The van der Waals surface area contributed by atoms with Gasteiger partial charge in [-0.2, -0.15) is 0 Å². The van der Waals surface area contributed by atoms with Gasteiger partial charge in [-0.15, -0.1) is 11.6 Å². The molecule has 1 N–H and O–H groups in total. The minimum atomic E-state index is -0.911. The van der Waals surface area contributed by atoms with Gasteiger partial charge in [-0.25, -0.2) is 0 Å². The third kappa shape index (κ3) is 3.99. The highest BCUT2D eigenvalue weighted by atomic mass is 35.5. The number of carbonyl (C=O) groups is 1. The third-order valence-corrected chi connectivity index (χ3v) is 3.48. The molecule has 88 valence electrons. The van der Waals surface area contributed by atoms with Gasteiger partial charge in [-0.3, -0.25) is 9.69 Å². The van der Waals surface area contributed by atoms with Gasteiger partial charge in [0.1, 0.15) is 5.38 Å². The van der Waals surface area contributed by atoms with E-state index in [1.54, 1.807) is 0 Å². The van der Waals surface area contributed by atoms with Crippen LogP contribution in [0.4, 0.5) is 0 Å². The Morgan fingerprint density at radius 3 is 2.53 bits per heavy atom. The van der Waals surface area contributed by atoms with Crippen molar-refractivity contribution in [3.05, 3.63) is 0 Å². The first-order chi connectivity index (χ1) is 7.15. The average molecular weight is 234 g/mol. The van der Waals surface area contributed by atoms with E-state index < -0.39 is 11.3 Å². The predicted molar refractivity (Wildman–Crippen MR) is 61.4 cm³/mol. The fourth-order valence-corrected chi connectivity index (χ4v) is 2.44. The van der Waals surface area contributed by atoms with E-state index in [4.69, 9.17) is 16.7 Å². The second-order valence-corrected chi connectivity index (χ2v) is 4.71. The zero-order valence-corrected chi connectivity index (χ0v) is 10.0. The minimum Gasteiger partial charge on any atom is -0.480 e. The Kier molecular flexibility index (Phi) is 5.40. The van der Waals surface area contributed by atoms with Crippen molar-refractivity contribution in [1.29, 1.82) is 0 Å². The molecule has 3 nitrogen and oxygen atoms in total. The van der Waals surface area contributed by atoms with Crippen molar-refractivity contribution in [2.75, 3.05) is 13.1 Å². The maximum Gasteiger partial charge on any atom is 0.322 e. The van der Waals surface area contributed by atoms with Gasteiger partial charge in [-0.05, 0) is 19.4 Å². The topological polar surface area (TPSA) is 40.5 Å². The zero-order valence-electron chi connectivity index (χ0n) is 9.29. The van der Waals surface area contributed by atoms with E-state index in [0.717, 1.165) is 6.54 Å². The molecule has 1 unspecified atom stereocenters. The molecule has 0 aliphatic heterocycles. The number of hydrogen-bond donors (Lipinski definition) is 1. The summed E-state index contributed by atoms with van der Waals surface area (Å²) in [5.41, 5.74) is 0. The van der Waals surface area contributed by atoms with Crippen LogP contribution in [-0.2, 0) is 4.79 Å². The number of hydrogen-bond acceptors (Lipinski definition) is 2. The van der Waals surface area contributed by atoms with Gasteiger partial charge >= 0.3 is 5.97 Å². The Hall–Kier alpha value is -0.280. The zero-order chi connectivity index (χ0) is 11.3. The van der Waals surface area contributed by atoms with E-state index in [9.17, 15) is 4.79 Å². The summed E-state index contributed by atoms with van der Waals surface area (Å²) in [6, 6.07) is 0.546. The summed E-state index contributed by atoms with van der Waals surface area (Å²) in [6.07, 6.45) is 6.23. The lowest BCUT2D eigenvalue weighted by Gasteiger charge is -2.34. The molecule has 1 aliphatic rings. The molecule has 1 aliphatic carbocycles. The standard InChI is InChI=1S/C11H20ClNO2/c1-2-13(8-10(12)11(14)15)9-6-4-3-5-7-9/h9-10H,2-8H2,1H3,(H,14,15). The molecule has 0 saturated heterocycles. The maximum atomic E-state index is 10.7. The number of halogens is 1. The fourth-order valence-electron chi connectivity index (χ4n) is 2.27. The van der Waals surface area contributed by atoms with Crippen LogP contribution in [0.3, 0.4) is 0 Å². The molecule has 0 aromatic heterocycles. The first-order valence-corrected chi connectivity index (χ1v) is 6.19. The summed E-state index contributed by atoms with van der Waals surface area (Å²) < 4.78 is 0. The van der Waals surface area contributed by atoms with Gasteiger partial charge in [0.05, 0.1) is 0 Å². The molecule has 0 bridgehead atoms. The predicted octanol–water partition coefficient (Wildman–Crippen LogP) is 2.33. The number of nitrogens with zero attached hydrogens (tertiary/aromatic N) is 1. The molecule has 0 spiro atoms. The van der Waals surface area contributed by atoms with Crippen molar-refractivity contribution in [3.8, 4) is 0 Å². The molecule has 4 heteroatoms. The van der Waals surface area contributed by atoms with Crippen LogP contribution >= 0.6 is 11.6 Å². The average Bonchev–Trinajstić information content (AvgIpc) is 2.26. The van der Waals surface area contributed by atoms with E-state index in [2.05, 4.69) is 11.8 Å². The normalized spacial score (nSPS) is 20.5. The molecule has 0 heterocycles. The van der Waals surface area contributed by atoms with Gasteiger partial charge in [0, 0.05) is 12.6 Å². The van der Waals surface area contributed by atoms with E-state index in [0.29, 0.717) is 12.6 Å². The van der Waals surface area contributed by atoms with Crippen LogP contribution in [0.1, 0.15) is 39.0 Å². The summed E-state index contributed by atoms with van der Waals surface area (Å²) >= 11 is 5.77. The van der Waals surface area contributed by atoms with Crippen LogP contribution in [0.15, 0.2) is 0 Å². The molecule has 1 fully saturated rings. The smallest absolute Gasteiger partial charge is 0.322 e. The Morgan fingerprint density at radius 2 is 2.07 bits per heavy atom. The number of carboxylic acid groups (broad SMARTS) is 1. The molecule has 0 amide bonds. The van der Waals surface area contributed by atoms with Gasteiger partial charge in [0.25, 0.3) is 0 Å². The molecule has 1 saturated carbocycles. The highest BCUT2D eigenvalue weighted by Gasteiger charge is 2.24. The van der Waals surface area contributed by atoms with Crippen LogP contribution in [0.2, 0.25) is 0 Å². The molecule has 1 atom stereocenters. The molecule has 0 aromatic carbocycles. The first-order valence-electron chi connectivity index (χ1n) is 5.76. The Morgan fingerprint density at radius 1 is 1.47 bits per heavy atom. The van der Waals surface area contributed by atoms with Gasteiger partial charge in [-0.1, -0.05) is 26.2 Å². The Bertz CT molecular complexity index is 205. The van der Waals surface area contributed by atoms with E-state index >= 15 is 0 Å². The van der Waals surface area contributed by atoms with Crippen LogP contribution < -0.4 is 0 Å². The molecule has 15 heavy (non-hydrogen) atoms. The first kappa shape index (κ1) is 12.8. The van der Waals surface area contributed by atoms with Crippen LogP contribution in [-0.4, -0.2) is 40.5 Å². The highest BCUT2D eigenvalue weighted by molar-refractivity contribution is 6.29. The SMILES string of the molecule is CCN(CC(Cl)C(=O)O)C1CCCCC1. The largest absolute Gasteiger partial charge is 0.480 e. The molecule has 0 radical (unpaired) electrons. The number of rotatable bonds is 5. The van der Waals surface area contributed by atoms with Crippen LogP contribution in [0.25, 0.3) is 0 Å². The van der Waals surface area contributed by atoms with E-state index in [1.165, 1.54) is 32.1 Å². The molecule has 1 rings (SSSR count). The summed E-state index contributed by atoms with van der Waals surface area (Å²) in [5, 5.41) is 7.99. The summed E-state index contributed by atoms with van der Waals surface area (Å²) in [4.78, 5) is 12.9. The lowest BCUT2D eigenvalue weighted by atomic mass is 9.94. The van der Waals surface area contributed by atoms with E-state index in [-0.39, 0.29) is 0 Å². The molecular formula is C11H20ClNO2. The van der Waals surface area contributed by atoms with Crippen LogP contribution in [0, 0.1) is 0 Å². The second kappa shape index (κ2) is 6.33. The highest BCUT2D eigenvalue weighted by Crippen LogP contribution is 2.23. The number of aliphatic carboxylic acids is 1. The van der Waals surface area contributed by atoms with Crippen molar-refractivity contribution in [3.63, 3.8) is 0 Å². The quantitative estimate of drug-likeness (QED) is 0.741. The van der Waals surface area contributed by atoms with E-state index in [1.807, 2.05) is 0 Å². The fraction of sp³-hybridized carbons (Fsp3) is 0.909. The van der Waals surface area contributed by atoms with Gasteiger partial charge in [0.2, 0.25) is 0 Å². The summed E-state index contributed by atoms with van der Waals surface area (Å²) in [5.74, 6) is -0.911. The molecular weight excluding hydrogens is 214 g/mol. The molecule has 0 aromatic rings. The van der Waals surface area contributed by atoms with Crippen molar-refractivity contribution >= 4 is 17.6 Å². The van der Waals surface area contributed by atoms with Crippen molar-refractivity contribution < 1.29 is 9.90 Å². The lowest BCUT2D eigenvalue weighted by molar-refractivity contribution is -0.137. The lowest BCUT2D eigenvalue weighted by Crippen LogP contribution is -2.42. The van der Waals surface area contributed by atoms with Gasteiger partial charge in [0.15, 0.2) is 0 Å². The number of alkyl halides is 1. The third-order valence-electron chi connectivity index (χ3n) is 3.16. The minimum absolute atomic E-state index is 0.470. The van der Waals surface area contributed by atoms with Crippen LogP contribution in [0.5, 0.6) is 0 Å². The summed E-state index contributed by atoms with van der Waals surface area (Å²) in [6.45, 7) is 3.43. The monoisotopic (exact) mass is 233 g/mol. The van der Waals surface area contributed by atoms with Crippen molar-refractivity contribution in [2.24, 2.45) is 0 Å². The van der Waals surface area contributed by atoms with Crippen molar-refractivity contribution in [1.82, 2.24) is 4.90 Å². The summed E-state index contributed by atoms with van der Waals surface area (Å²) in [7, 11) is 0. The van der Waals surface area contributed by atoms with Gasteiger partial charge < -0.3 is 5.11 Å². The second-order valence-electron chi connectivity index (χ2n) is 4.19. The van der Waals surface area contributed by atoms with Crippen molar-refractivity contribution in [2.45, 2.75) is 50.4 Å². The number of carboxylic acids is 1. The maximum absolute atomic E-state index is 10.7. The Balaban J connectivity index is 2.43. The Labute approximate surface area is 96.4 Å².